The molecule has 0 aliphatic carbocycles. The van der Waals surface area contributed by atoms with Crippen molar-refractivity contribution >= 4 is 23.5 Å². The van der Waals surface area contributed by atoms with Crippen molar-refractivity contribution in [3.63, 3.8) is 0 Å². The van der Waals surface area contributed by atoms with Crippen molar-refractivity contribution in [1.82, 2.24) is 4.90 Å². The first-order valence-corrected chi connectivity index (χ1v) is 9.66. The fraction of sp³-hybridized carbons (Fsp3) is 0.318. The Hall–Kier alpha value is -3.22. The SMILES string of the molecule is O=C1C[C@@H](C(=O)O[C@H](C(=O)N2CCCC2)c2ccccc2)c2ccc(F)cc2N1. The van der Waals surface area contributed by atoms with Gasteiger partial charge in [-0.2, -0.15) is 0 Å². The van der Waals surface area contributed by atoms with Crippen LogP contribution in [-0.4, -0.2) is 35.8 Å². The number of hydrogen-bond donors (Lipinski definition) is 1. The Balaban J connectivity index is 1.62. The summed E-state index contributed by atoms with van der Waals surface area (Å²) in [5, 5.41) is 2.58. The maximum atomic E-state index is 13.5. The van der Waals surface area contributed by atoms with Crippen LogP contribution < -0.4 is 5.32 Å². The summed E-state index contributed by atoms with van der Waals surface area (Å²) in [7, 11) is 0. The maximum absolute atomic E-state index is 13.5. The Morgan fingerprint density at radius 3 is 2.55 bits per heavy atom. The quantitative estimate of drug-likeness (QED) is 0.806. The average molecular weight is 396 g/mol. The molecule has 1 fully saturated rings. The highest BCUT2D eigenvalue weighted by Crippen LogP contribution is 2.35. The molecule has 0 saturated carbocycles. The molecule has 0 spiro atoms. The fourth-order valence-electron chi connectivity index (χ4n) is 3.84. The molecule has 2 atom stereocenters. The van der Waals surface area contributed by atoms with Gasteiger partial charge in [-0.15, -0.1) is 0 Å². The summed E-state index contributed by atoms with van der Waals surface area (Å²) in [5.41, 5.74) is 1.32. The first kappa shape index (κ1) is 19.1. The van der Waals surface area contributed by atoms with E-state index in [0.29, 0.717) is 24.2 Å². The average Bonchev–Trinajstić information content (AvgIpc) is 3.26. The molecule has 4 rings (SSSR count). The van der Waals surface area contributed by atoms with Crippen molar-refractivity contribution in [3.05, 3.63) is 65.5 Å². The Morgan fingerprint density at radius 2 is 1.83 bits per heavy atom. The van der Waals surface area contributed by atoms with E-state index in [1.807, 2.05) is 6.07 Å². The smallest absolute Gasteiger partial charge is 0.315 e. The highest BCUT2D eigenvalue weighted by atomic mass is 19.1. The van der Waals surface area contributed by atoms with Crippen molar-refractivity contribution in [2.45, 2.75) is 31.3 Å². The lowest BCUT2D eigenvalue weighted by Crippen LogP contribution is -2.36. The topological polar surface area (TPSA) is 75.7 Å². The van der Waals surface area contributed by atoms with Gasteiger partial charge in [0.2, 0.25) is 12.0 Å². The monoisotopic (exact) mass is 396 g/mol. The van der Waals surface area contributed by atoms with Gasteiger partial charge in [0.1, 0.15) is 5.82 Å². The standard InChI is InChI=1S/C22H21FN2O4/c23-15-8-9-16-17(13-19(26)24-18(16)12-15)22(28)29-20(14-6-2-1-3-7-14)21(27)25-10-4-5-11-25/h1-3,6-9,12,17,20H,4-5,10-11,13H2,(H,24,26)/t17-,20+/m1/s1. The minimum atomic E-state index is -1.07. The molecule has 2 aromatic rings. The molecule has 6 nitrogen and oxygen atoms in total. The van der Waals surface area contributed by atoms with Crippen molar-refractivity contribution in [2.24, 2.45) is 0 Å². The molecule has 0 aromatic heterocycles. The van der Waals surface area contributed by atoms with E-state index < -0.39 is 29.7 Å². The molecule has 2 aromatic carbocycles. The van der Waals surface area contributed by atoms with Gasteiger partial charge in [-0.05, 0) is 30.5 Å². The number of benzene rings is 2. The van der Waals surface area contributed by atoms with Crippen molar-refractivity contribution in [3.8, 4) is 0 Å². The third-order valence-electron chi connectivity index (χ3n) is 5.32. The molecule has 0 bridgehead atoms. The molecule has 2 amide bonds. The number of rotatable bonds is 4. The summed E-state index contributed by atoms with van der Waals surface area (Å²) in [4.78, 5) is 39.8. The second-order valence-electron chi connectivity index (χ2n) is 7.30. The van der Waals surface area contributed by atoms with E-state index in [1.165, 1.54) is 18.2 Å². The number of halogens is 1. The number of carbonyl (C=O) groups is 3. The lowest BCUT2D eigenvalue weighted by Gasteiger charge is -2.28. The van der Waals surface area contributed by atoms with Crippen LogP contribution in [0.2, 0.25) is 0 Å². The molecular formula is C22H21FN2O4. The number of fused-ring (bicyclic) bond motifs is 1. The molecule has 0 unspecified atom stereocenters. The highest BCUT2D eigenvalue weighted by Gasteiger charge is 2.37. The van der Waals surface area contributed by atoms with Gasteiger partial charge in [0.05, 0.1) is 5.92 Å². The zero-order chi connectivity index (χ0) is 20.4. The summed E-state index contributed by atoms with van der Waals surface area (Å²) in [6, 6.07) is 12.7. The summed E-state index contributed by atoms with van der Waals surface area (Å²) in [6.45, 7) is 1.27. The normalized spacial score (nSPS) is 19.3. The largest absolute Gasteiger partial charge is 0.447 e. The van der Waals surface area contributed by atoms with Crippen LogP contribution in [0.15, 0.2) is 48.5 Å². The zero-order valence-electron chi connectivity index (χ0n) is 15.8. The molecule has 0 radical (unpaired) electrons. The second-order valence-corrected chi connectivity index (χ2v) is 7.30. The Bertz CT molecular complexity index is 941. The third kappa shape index (κ3) is 3.99. The lowest BCUT2D eigenvalue weighted by atomic mass is 9.90. The molecule has 2 heterocycles. The summed E-state index contributed by atoms with van der Waals surface area (Å²) < 4.78 is 19.2. The molecule has 29 heavy (non-hydrogen) atoms. The maximum Gasteiger partial charge on any atom is 0.315 e. The predicted molar refractivity (Wildman–Crippen MR) is 103 cm³/mol. The van der Waals surface area contributed by atoms with E-state index in [2.05, 4.69) is 5.32 Å². The molecule has 1 N–H and O–H groups in total. The van der Waals surface area contributed by atoms with Crippen LogP contribution >= 0.6 is 0 Å². The van der Waals surface area contributed by atoms with Gasteiger partial charge in [-0.3, -0.25) is 14.4 Å². The van der Waals surface area contributed by atoms with Gasteiger partial charge in [0.15, 0.2) is 0 Å². The number of nitrogens with zero attached hydrogens (tertiary/aromatic N) is 1. The molecule has 2 aliphatic rings. The number of anilines is 1. The van der Waals surface area contributed by atoms with E-state index in [9.17, 15) is 18.8 Å². The van der Waals surface area contributed by atoms with Gasteiger partial charge >= 0.3 is 5.97 Å². The van der Waals surface area contributed by atoms with E-state index >= 15 is 0 Å². The number of nitrogens with one attached hydrogen (secondary N) is 1. The van der Waals surface area contributed by atoms with E-state index in [-0.39, 0.29) is 18.0 Å². The van der Waals surface area contributed by atoms with E-state index in [0.717, 1.165) is 12.8 Å². The van der Waals surface area contributed by atoms with Gasteiger partial charge in [0, 0.05) is 30.8 Å². The molecule has 1 saturated heterocycles. The van der Waals surface area contributed by atoms with Crippen molar-refractivity contribution < 1.29 is 23.5 Å². The minimum Gasteiger partial charge on any atom is -0.447 e. The minimum absolute atomic E-state index is 0.114. The summed E-state index contributed by atoms with van der Waals surface area (Å²) in [5.74, 6) is -2.73. The Labute approximate surface area is 167 Å². The first-order chi connectivity index (χ1) is 14.0. The number of esters is 1. The van der Waals surface area contributed by atoms with Gasteiger partial charge in [-0.1, -0.05) is 36.4 Å². The lowest BCUT2D eigenvalue weighted by molar-refractivity contribution is -0.162. The highest BCUT2D eigenvalue weighted by molar-refractivity contribution is 6.00. The first-order valence-electron chi connectivity index (χ1n) is 9.66. The second kappa shape index (κ2) is 8.03. The van der Waals surface area contributed by atoms with Crippen LogP contribution in [0.1, 0.15) is 42.4 Å². The van der Waals surface area contributed by atoms with Crippen molar-refractivity contribution in [1.29, 1.82) is 0 Å². The van der Waals surface area contributed by atoms with Crippen LogP contribution in [0.4, 0.5) is 10.1 Å². The zero-order valence-corrected chi connectivity index (χ0v) is 15.8. The van der Waals surface area contributed by atoms with Crippen LogP contribution in [0, 0.1) is 5.82 Å². The molecule has 150 valence electrons. The molecular weight excluding hydrogens is 375 g/mol. The third-order valence-corrected chi connectivity index (χ3v) is 5.32. The number of likely N-dealkylation sites (tertiary alicyclic amines) is 1. The Morgan fingerprint density at radius 1 is 1.10 bits per heavy atom. The number of hydrogen-bond acceptors (Lipinski definition) is 4. The Kier molecular flexibility index (Phi) is 5.29. The van der Waals surface area contributed by atoms with Gasteiger partial charge in [0.25, 0.3) is 5.91 Å². The number of ether oxygens (including phenoxy) is 1. The van der Waals surface area contributed by atoms with Gasteiger partial charge in [-0.25, -0.2) is 4.39 Å². The van der Waals surface area contributed by atoms with E-state index in [4.69, 9.17) is 4.74 Å². The van der Waals surface area contributed by atoms with Crippen LogP contribution in [-0.2, 0) is 19.1 Å². The fourth-order valence-corrected chi connectivity index (χ4v) is 3.84. The predicted octanol–water partition coefficient (Wildman–Crippen LogP) is 3.16. The van der Waals surface area contributed by atoms with Gasteiger partial charge < -0.3 is 15.0 Å². The van der Waals surface area contributed by atoms with Crippen molar-refractivity contribution in [2.75, 3.05) is 18.4 Å². The number of amides is 2. The van der Waals surface area contributed by atoms with Crippen LogP contribution in [0.25, 0.3) is 0 Å². The van der Waals surface area contributed by atoms with Crippen LogP contribution in [0.3, 0.4) is 0 Å². The summed E-state index contributed by atoms with van der Waals surface area (Å²) in [6.07, 6.45) is 0.652. The molecule has 7 heteroatoms. The van der Waals surface area contributed by atoms with E-state index in [1.54, 1.807) is 29.2 Å². The van der Waals surface area contributed by atoms with Crippen LogP contribution in [0.5, 0.6) is 0 Å². The number of carbonyl (C=O) groups excluding carboxylic acids is 3. The summed E-state index contributed by atoms with van der Waals surface area (Å²) >= 11 is 0. The molecule has 2 aliphatic heterocycles.